The van der Waals surface area contributed by atoms with Crippen molar-refractivity contribution in [3.8, 4) is 11.5 Å². The normalized spacial score (nSPS) is 17.2. The Morgan fingerprint density at radius 1 is 0.780 bits per heavy atom. The predicted molar refractivity (Wildman–Crippen MR) is 188 cm³/mol. The van der Waals surface area contributed by atoms with Gasteiger partial charge in [-0.15, -0.1) is 0 Å². The second kappa shape index (κ2) is 20.3. The van der Waals surface area contributed by atoms with E-state index in [9.17, 15) is 28.5 Å². The quantitative estimate of drug-likeness (QED) is 0.179. The first-order valence-corrected chi connectivity index (χ1v) is 15.6. The second-order valence-electron chi connectivity index (χ2n) is 13.2. The van der Waals surface area contributed by atoms with E-state index in [4.69, 9.17) is 29.8 Å². The molecular weight excluding hydrogens is 658 g/mol. The van der Waals surface area contributed by atoms with Gasteiger partial charge in [-0.3, -0.25) is 10.1 Å². The maximum Gasteiger partial charge on any atom is 0.410 e. The van der Waals surface area contributed by atoms with E-state index in [-0.39, 0.29) is 44.6 Å². The highest BCUT2D eigenvalue weighted by atomic mass is 19.1. The lowest BCUT2D eigenvalue weighted by Crippen LogP contribution is -2.46. The summed E-state index contributed by atoms with van der Waals surface area (Å²) in [5.41, 5.74) is 4.43. The van der Waals surface area contributed by atoms with E-state index in [0.29, 0.717) is 50.5 Å². The molecule has 0 radical (unpaired) electrons. The van der Waals surface area contributed by atoms with Gasteiger partial charge < -0.3 is 39.6 Å². The number of piperidine rings is 2. The third kappa shape index (κ3) is 16.3. The Bertz CT molecular complexity index is 1360. The van der Waals surface area contributed by atoms with Crippen molar-refractivity contribution in [2.75, 3.05) is 39.0 Å². The van der Waals surface area contributed by atoms with E-state index < -0.39 is 33.9 Å². The minimum absolute atomic E-state index is 0. The molecule has 0 spiro atoms. The summed E-state index contributed by atoms with van der Waals surface area (Å²) in [5, 5.41) is 17.8. The summed E-state index contributed by atoms with van der Waals surface area (Å²) in [7, 11) is 1.00. The average molecular weight is 715 g/mol. The maximum absolute atomic E-state index is 13.5. The van der Waals surface area contributed by atoms with Gasteiger partial charge in [0.05, 0.1) is 30.1 Å². The number of ether oxygens (including phenoxy) is 4. The van der Waals surface area contributed by atoms with E-state index in [1.807, 2.05) is 20.8 Å². The Kier molecular flexibility index (Phi) is 18.5. The number of rotatable bonds is 5. The molecule has 2 heterocycles. The molecule has 13 nitrogen and oxygen atoms in total. The van der Waals surface area contributed by atoms with Gasteiger partial charge in [0.15, 0.2) is 0 Å². The van der Waals surface area contributed by atoms with Crippen molar-refractivity contribution in [1.82, 2.24) is 9.80 Å². The highest BCUT2D eigenvalue weighted by Gasteiger charge is 2.30. The monoisotopic (exact) mass is 714 g/mol. The number of hydrogen-bond donors (Lipinski definition) is 2. The third-order valence-corrected chi connectivity index (χ3v) is 6.63. The summed E-state index contributed by atoms with van der Waals surface area (Å²) >= 11 is 0. The van der Waals surface area contributed by atoms with Crippen molar-refractivity contribution in [3.63, 3.8) is 0 Å². The minimum atomic E-state index is -0.737. The second-order valence-corrected chi connectivity index (χ2v) is 13.2. The molecule has 284 valence electrons. The van der Waals surface area contributed by atoms with Crippen LogP contribution in [0.1, 0.15) is 82.1 Å². The van der Waals surface area contributed by atoms with Crippen LogP contribution in [0.5, 0.6) is 11.5 Å². The standard InChI is InChI=1S/C16H21FN2O5.C16H23FN2O3.CH4O.2CH4/c1-16(2,3)24-15(20)18-6-4-5-13(10-18)23-14-8-11(17)7-12(9-14)19(21)22;1-16(2,3)22-15(20)19-6-4-5-13(10-19)21-14-8-11(17)7-12(18)9-14;1-2;;/h7-9,13H,4-6,10H2,1-3H3;7-9,13H,4-6,10,18H2,1-3H3;2H,1H3;2*1H4/t2*13-;;;/m00.../s1. The van der Waals surface area contributed by atoms with Gasteiger partial charge in [-0.05, 0) is 73.3 Å². The van der Waals surface area contributed by atoms with Crippen LogP contribution in [0, 0.1) is 21.7 Å². The fourth-order valence-electron chi connectivity index (χ4n) is 4.81. The predicted octanol–water partition coefficient (Wildman–Crippen LogP) is 7.58. The zero-order chi connectivity index (χ0) is 36.2. The zero-order valence-electron chi connectivity index (χ0n) is 28.7. The molecule has 2 amide bonds. The molecule has 2 aliphatic heterocycles. The molecule has 2 fully saturated rings. The Morgan fingerprint density at radius 2 is 1.18 bits per heavy atom. The molecule has 0 aromatic heterocycles. The van der Waals surface area contributed by atoms with Crippen LogP contribution in [-0.2, 0) is 9.47 Å². The fourth-order valence-corrected chi connectivity index (χ4v) is 4.81. The molecule has 0 bridgehead atoms. The van der Waals surface area contributed by atoms with Crippen LogP contribution in [-0.4, -0.2) is 88.7 Å². The first kappa shape index (κ1) is 45.6. The summed E-state index contributed by atoms with van der Waals surface area (Å²) in [6.07, 6.45) is 1.66. The molecule has 2 aliphatic rings. The van der Waals surface area contributed by atoms with Gasteiger partial charge in [0.2, 0.25) is 0 Å². The van der Waals surface area contributed by atoms with Crippen LogP contribution >= 0.6 is 0 Å². The van der Waals surface area contributed by atoms with Crippen molar-refractivity contribution >= 4 is 23.6 Å². The number of aliphatic hydroxyl groups is 1. The van der Waals surface area contributed by atoms with Crippen LogP contribution in [0.3, 0.4) is 0 Å². The number of aliphatic hydroxyl groups excluding tert-OH is 1. The number of nitrogen functional groups attached to an aromatic ring is 1. The van der Waals surface area contributed by atoms with Crippen LogP contribution in [0.2, 0.25) is 0 Å². The molecule has 0 unspecified atom stereocenters. The largest absolute Gasteiger partial charge is 0.488 e. The third-order valence-electron chi connectivity index (χ3n) is 6.63. The Balaban J connectivity index is 0.000000884. The number of non-ortho nitro benzene ring substituents is 1. The number of halogens is 2. The van der Waals surface area contributed by atoms with Gasteiger partial charge >= 0.3 is 12.2 Å². The molecule has 50 heavy (non-hydrogen) atoms. The number of nitro groups is 1. The van der Waals surface area contributed by atoms with Crippen molar-refractivity contribution in [2.24, 2.45) is 0 Å². The zero-order valence-corrected chi connectivity index (χ0v) is 28.7. The fraction of sp³-hybridized carbons (Fsp3) is 0.600. The van der Waals surface area contributed by atoms with E-state index in [0.717, 1.165) is 32.1 Å². The van der Waals surface area contributed by atoms with Crippen molar-refractivity contribution in [3.05, 3.63) is 58.1 Å². The lowest BCUT2D eigenvalue weighted by atomic mass is 10.1. The lowest BCUT2D eigenvalue weighted by molar-refractivity contribution is -0.385. The van der Waals surface area contributed by atoms with Crippen LogP contribution in [0.15, 0.2) is 36.4 Å². The van der Waals surface area contributed by atoms with Gasteiger partial charge in [0.25, 0.3) is 5.69 Å². The first-order valence-electron chi connectivity index (χ1n) is 15.6. The van der Waals surface area contributed by atoms with Gasteiger partial charge in [-0.25, -0.2) is 18.4 Å². The summed E-state index contributed by atoms with van der Waals surface area (Å²) in [6, 6.07) is 7.22. The number of likely N-dealkylation sites (tertiary alicyclic amines) is 2. The Morgan fingerprint density at radius 3 is 1.56 bits per heavy atom. The number of anilines is 1. The van der Waals surface area contributed by atoms with E-state index in [1.165, 1.54) is 23.1 Å². The molecule has 3 N–H and O–H groups in total. The number of carbonyl (C=O) groups is 2. The molecule has 0 aliphatic carbocycles. The Labute approximate surface area is 294 Å². The van der Waals surface area contributed by atoms with E-state index >= 15 is 0 Å². The molecular formula is C35H56F2N4O9. The number of amides is 2. The van der Waals surface area contributed by atoms with Gasteiger partial charge in [0.1, 0.15) is 46.5 Å². The molecule has 0 saturated carbocycles. The number of hydrogen-bond acceptors (Lipinski definition) is 10. The van der Waals surface area contributed by atoms with Crippen molar-refractivity contribution in [2.45, 2.75) is 105 Å². The maximum atomic E-state index is 13.5. The first-order chi connectivity index (χ1) is 22.4. The molecule has 2 aromatic carbocycles. The number of carbonyl (C=O) groups excluding carboxylic acids is 2. The summed E-state index contributed by atoms with van der Waals surface area (Å²) < 4.78 is 48.9. The molecule has 2 atom stereocenters. The van der Waals surface area contributed by atoms with Crippen LogP contribution in [0.4, 0.5) is 29.7 Å². The Hall–Kier alpha value is -4.40. The van der Waals surface area contributed by atoms with E-state index in [1.54, 1.807) is 31.7 Å². The number of nitro benzene ring substituents is 1. The van der Waals surface area contributed by atoms with Crippen molar-refractivity contribution in [1.29, 1.82) is 0 Å². The molecule has 2 saturated heterocycles. The SMILES string of the molecule is C.C.CC(C)(C)OC(=O)N1CCC[C@H](Oc2cc(F)cc([N+](=O)[O-])c2)C1.CC(C)(C)OC(=O)N1CCC[C@H](Oc2cc(N)cc(F)c2)C1.CO. The number of benzene rings is 2. The summed E-state index contributed by atoms with van der Waals surface area (Å²) in [5.74, 6) is -0.708. The molecule has 2 aromatic rings. The number of nitrogens with two attached hydrogens (primary N) is 1. The lowest BCUT2D eigenvalue weighted by Gasteiger charge is -2.34. The van der Waals surface area contributed by atoms with E-state index in [2.05, 4.69) is 0 Å². The van der Waals surface area contributed by atoms with Crippen LogP contribution in [0.25, 0.3) is 0 Å². The topological polar surface area (TPSA) is 167 Å². The number of nitrogens with zero attached hydrogens (tertiary/aromatic N) is 3. The molecule has 4 rings (SSSR count). The van der Waals surface area contributed by atoms with Crippen LogP contribution < -0.4 is 15.2 Å². The highest BCUT2D eigenvalue weighted by Crippen LogP contribution is 2.26. The van der Waals surface area contributed by atoms with Gasteiger partial charge in [-0.1, -0.05) is 14.9 Å². The average Bonchev–Trinajstić information content (AvgIpc) is 2.96. The molecule has 15 heteroatoms. The van der Waals surface area contributed by atoms with Gasteiger partial charge in [-0.2, -0.15) is 0 Å². The minimum Gasteiger partial charge on any atom is -0.488 e. The highest BCUT2D eigenvalue weighted by molar-refractivity contribution is 5.68. The smallest absolute Gasteiger partial charge is 0.410 e. The summed E-state index contributed by atoms with van der Waals surface area (Å²) in [6.45, 7) is 12.8. The summed E-state index contributed by atoms with van der Waals surface area (Å²) in [4.78, 5) is 37.5. The van der Waals surface area contributed by atoms with Crippen molar-refractivity contribution < 1.29 is 47.3 Å². The van der Waals surface area contributed by atoms with Gasteiger partial charge in [0, 0.05) is 44.1 Å².